The number of hydrogen-bond acceptors (Lipinski definition) is 2. The van der Waals surface area contributed by atoms with Gasteiger partial charge in [-0.1, -0.05) is 0 Å². The van der Waals surface area contributed by atoms with Crippen LogP contribution in [0.25, 0.3) is 0 Å². The molecule has 78 valence electrons. The zero-order valence-corrected chi connectivity index (χ0v) is 8.79. The van der Waals surface area contributed by atoms with Crippen LogP contribution in [0.15, 0.2) is 6.20 Å². The largest absolute Gasteiger partial charge is 0.338 e. The first-order valence-electron chi connectivity index (χ1n) is 4.64. The van der Waals surface area contributed by atoms with E-state index in [2.05, 4.69) is 15.7 Å². The Bertz CT molecular complexity index is 319. The fourth-order valence-electron chi connectivity index (χ4n) is 1.12. The van der Waals surface area contributed by atoms with Gasteiger partial charge in [0.15, 0.2) is 0 Å². The molecule has 0 saturated heterocycles. The van der Waals surface area contributed by atoms with Crippen LogP contribution in [-0.2, 0) is 13.6 Å². The number of carbonyl (C=O) groups excluding carboxylic acids is 1. The van der Waals surface area contributed by atoms with Gasteiger partial charge in [0.05, 0.1) is 6.20 Å². The first kappa shape index (κ1) is 10.6. The van der Waals surface area contributed by atoms with Gasteiger partial charge >= 0.3 is 6.03 Å². The average molecular weight is 196 g/mol. The molecule has 2 amide bonds. The summed E-state index contributed by atoms with van der Waals surface area (Å²) in [4.78, 5) is 11.1. The number of nitrogens with one attached hydrogen (secondary N) is 2. The third-order valence-electron chi connectivity index (χ3n) is 2.11. The molecule has 2 N–H and O–H groups in total. The van der Waals surface area contributed by atoms with E-state index in [-0.39, 0.29) is 6.03 Å². The number of carbonyl (C=O) groups is 1. The molecule has 0 saturated carbocycles. The number of nitrogens with zero attached hydrogens (tertiary/aromatic N) is 2. The van der Waals surface area contributed by atoms with Crippen LogP contribution in [0, 0.1) is 6.92 Å². The van der Waals surface area contributed by atoms with Crippen molar-refractivity contribution in [2.75, 3.05) is 6.54 Å². The number of amides is 2. The van der Waals surface area contributed by atoms with Crippen molar-refractivity contribution >= 4 is 6.03 Å². The molecule has 0 bridgehead atoms. The number of hydrogen-bond donors (Lipinski definition) is 2. The summed E-state index contributed by atoms with van der Waals surface area (Å²) in [5.74, 6) is 0. The Morgan fingerprint density at radius 2 is 2.29 bits per heavy atom. The predicted octanol–water partition coefficient (Wildman–Crippen LogP) is 0.548. The molecular formula is C9H16N4O. The molecule has 0 aromatic carbocycles. The SMILES string of the molecule is CCNC(=O)NCc1cnn(C)c1C. The quantitative estimate of drug-likeness (QED) is 0.741. The third kappa shape index (κ3) is 2.48. The van der Waals surface area contributed by atoms with E-state index in [4.69, 9.17) is 0 Å². The summed E-state index contributed by atoms with van der Waals surface area (Å²) in [5, 5.41) is 9.50. The molecule has 0 spiro atoms. The maximum atomic E-state index is 11.1. The minimum Gasteiger partial charge on any atom is -0.338 e. The molecule has 0 unspecified atom stereocenters. The van der Waals surface area contributed by atoms with Crippen LogP contribution in [0.5, 0.6) is 0 Å². The molecule has 0 radical (unpaired) electrons. The number of aryl methyl sites for hydroxylation is 1. The second kappa shape index (κ2) is 4.64. The van der Waals surface area contributed by atoms with Crippen molar-refractivity contribution < 1.29 is 4.79 Å². The topological polar surface area (TPSA) is 59.0 Å². The Kier molecular flexibility index (Phi) is 3.50. The molecule has 5 nitrogen and oxygen atoms in total. The predicted molar refractivity (Wildman–Crippen MR) is 53.9 cm³/mol. The summed E-state index contributed by atoms with van der Waals surface area (Å²) < 4.78 is 1.79. The monoisotopic (exact) mass is 196 g/mol. The van der Waals surface area contributed by atoms with Gasteiger partial charge in [-0.15, -0.1) is 0 Å². The van der Waals surface area contributed by atoms with E-state index in [0.29, 0.717) is 13.1 Å². The fourth-order valence-corrected chi connectivity index (χ4v) is 1.12. The van der Waals surface area contributed by atoms with E-state index in [9.17, 15) is 4.79 Å². The van der Waals surface area contributed by atoms with Gasteiger partial charge in [-0.05, 0) is 13.8 Å². The highest BCUT2D eigenvalue weighted by atomic mass is 16.2. The number of rotatable bonds is 3. The van der Waals surface area contributed by atoms with E-state index in [1.54, 1.807) is 10.9 Å². The summed E-state index contributed by atoms with van der Waals surface area (Å²) in [6, 6.07) is -0.143. The summed E-state index contributed by atoms with van der Waals surface area (Å²) >= 11 is 0. The van der Waals surface area contributed by atoms with Crippen LogP contribution in [0.3, 0.4) is 0 Å². The summed E-state index contributed by atoms with van der Waals surface area (Å²) in [5.41, 5.74) is 2.11. The van der Waals surface area contributed by atoms with Crippen LogP contribution in [-0.4, -0.2) is 22.4 Å². The molecule has 14 heavy (non-hydrogen) atoms. The normalized spacial score (nSPS) is 9.93. The molecule has 0 atom stereocenters. The van der Waals surface area contributed by atoms with Crippen molar-refractivity contribution in [3.8, 4) is 0 Å². The van der Waals surface area contributed by atoms with Crippen LogP contribution >= 0.6 is 0 Å². The zero-order valence-electron chi connectivity index (χ0n) is 8.79. The zero-order chi connectivity index (χ0) is 10.6. The Hall–Kier alpha value is -1.52. The van der Waals surface area contributed by atoms with E-state index < -0.39 is 0 Å². The molecule has 1 aromatic rings. The lowest BCUT2D eigenvalue weighted by Gasteiger charge is -2.04. The molecule has 0 fully saturated rings. The van der Waals surface area contributed by atoms with Crippen molar-refractivity contribution in [3.05, 3.63) is 17.5 Å². The van der Waals surface area contributed by atoms with E-state index in [0.717, 1.165) is 11.3 Å². The maximum absolute atomic E-state index is 11.1. The Morgan fingerprint density at radius 1 is 1.57 bits per heavy atom. The molecule has 1 aromatic heterocycles. The molecule has 0 aliphatic heterocycles. The Balaban J connectivity index is 2.46. The van der Waals surface area contributed by atoms with Crippen LogP contribution < -0.4 is 10.6 Å². The highest BCUT2D eigenvalue weighted by Gasteiger charge is 2.04. The molecule has 0 aliphatic carbocycles. The van der Waals surface area contributed by atoms with Crippen LogP contribution in [0.4, 0.5) is 4.79 Å². The summed E-state index contributed by atoms with van der Waals surface area (Å²) in [7, 11) is 1.88. The highest BCUT2D eigenvalue weighted by molar-refractivity contribution is 5.73. The van der Waals surface area contributed by atoms with Crippen LogP contribution in [0.2, 0.25) is 0 Å². The van der Waals surface area contributed by atoms with Crippen molar-refractivity contribution in [1.82, 2.24) is 20.4 Å². The molecule has 1 rings (SSSR count). The lowest BCUT2D eigenvalue weighted by atomic mass is 10.2. The molecule has 5 heteroatoms. The van der Waals surface area contributed by atoms with Gasteiger partial charge in [0.1, 0.15) is 0 Å². The summed E-state index contributed by atoms with van der Waals surface area (Å²) in [6.45, 7) is 5.01. The van der Waals surface area contributed by atoms with Gasteiger partial charge in [-0.25, -0.2) is 4.79 Å². The molecular weight excluding hydrogens is 180 g/mol. The van der Waals surface area contributed by atoms with Gasteiger partial charge in [0.2, 0.25) is 0 Å². The minimum atomic E-state index is -0.143. The lowest BCUT2D eigenvalue weighted by molar-refractivity contribution is 0.241. The van der Waals surface area contributed by atoms with Crippen molar-refractivity contribution in [1.29, 1.82) is 0 Å². The second-order valence-electron chi connectivity index (χ2n) is 3.09. The third-order valence-corrected chi connectivity index (χ3v) is 2.11. The standard InChI is InChI=1S/C9H16N4O/c1-4-10-9(14)11-5-8-6-12-13(3)7(8)2/h6H,4-5H2,1-3H3,(H2,10,11,14). The van der Waals surface area contributed by atoms with E-state index in [1.807, 2.05) is 20.9 Å². The molecule has 0 aliphatic rings. The smallest absolute Gasteiger partial charge is 0.315 e. The van der Waals surface area contributed by atoms with Crippen LogP contribution in [0.1, 0.15) is 18.2 Å². The highest BCUT2D eigenvalue weighted by Crippen LogP contribution is 2.04. The van der Waals surface area contributed by atoms with Gasteiger partial charge < -0.3 is 10.6 Å². The lowest BCUT2D eigenvalue weighted by Crippen LogP contribution is -2.34. The molecule has 1 heterocycles. The van der Waals surface area contributed by atoms with Crippen molar-refractivity contribution in [2.24, 2.45) is 7.05 Å². The van der Waals surface area contributed by atoms with Crippen molar-refractivity contribution in [2.45, 2.75) is 20.4 Å². The average Bonchev–Trinajstić information content (AvgIpc) is 2.46. The van der Waals surface area contributed by atoms with Gasteiger partial charge in [-0.2, -0.15) is 5.10 Å². The Morgan fingerprint density at radius 3 is 2.79 bits per heavy atom. The second-order valence-corrected chi connectivity index (χ2v) is 3.09. The minimum absolute atomic E-state index is 0.143. The number of urea groups is 1. The van der Waals surface area contributed by atoms with Gasteiger partial charge in [-0.3, -0.25) is 4.68 Å². The van der Waals surface area contributed by atoms with Gasteiger partial charge in [0, 0.05) is 31.4 Å². The van der Waals surface area contributed by atoms with E-state index in [1.165, 1.54) is 0 Å². The first-order valence-corrected chi connectivity index (χ1v) is 4.64. The van der Waals surface area contributed by atoms with Crippen molar-refractivity contribution in [3.63, 3.8) is 0 Å². The fraction of sp³-hybridized carbons (Fsp3) is 0.556. The number of aromatic nitrogens is 2. The maximum Gasteiger partial charge on any atom is 0.315 e. The van der Waals surface area contributed by atoms with E-state index >= 15 is 0 Å². The Labute approximate surface area is 83.5 Å². The van der Waals surface area contributed by atoms with Gasteiger partial charge in [0.25, 0.3) is 0 Å². The summed E-state index contributed by atoms with van der Waals surface area (Å²) in [6.07, 6.45) is 1.77. The first-order chi connectivity index (χ1) is 6.65.